The topological polar surface area (TPSA) is 108 Å². The lowest BCUT2D eigenvalue weighted by molar-refractivity contribution is -0.140. The number of rotatable bonds is 11. The van der Waals surface area contributed by atoms with Gasteiger partial charge in [-0.3, -0.25) is 9.59 Å². The first-order valence-electron chi connectivity index (χ1n) is 13.5. The standard InChI is InChI=1S/C29H43N3O5/c1-5-6-7-8-9-13-16-23(31-27(35)37-28(2,3)4)26(34)32-20-29(36,21-14-11-10-12-15-21)19-24(32)25(33)30-22-17-18-22/h5-6,10-12,14-15,22-24,36H,7-9,13,16-20H2,1-4H3,(H,30,33)(H,31,35)/b6-5-/t23-,24?,29-/m0/s1. The molecule has 3 N–H and O–H groups in total. The Bertz CT molecular complexity index is 954. The number of nitrogens with one attached hydrogen (secondary N) is 2. The minimum Gasteiger partial charge on any atom is -0.444 e. The number of aliphatic hydroxyl groups is 1. The van der Waals surface area contributed by atoms with E-state index in [-0.39, 0.29) is 30.8 Å². The molecule has 8 nitrogen and oxygen atoms in total. The van der Waals surface area contributed by atoms with Gasteiger partial charge in [0.15, 0.2) is 0 Å². The third-order valence-corrected chi connectivity index (χ3v) is 6.75. The maximum Gasteiger partial charge on any atom is 0.408 e. The molecule has 3 amide bonds. The quantitative estimate of drug-likeness (QED) is 0.304. The summed E-state index contributed by atoms with van der Waals surface area (Å²) in [5.74, 6) is -0.632. The number of benzene rings is 1. The van der Waals surface area contributed by atoms with E-state index in [1.807, 2.05) is 43.3 Å². The second-order valence-corrected chi connectivity index (χ2v) is 11.3. The van der Waals surface area contributed by atoms with Gasteiger partial charge in [0.2, 0.25) is 11.8 Å². The summed E-state index contributed by atoms with van der Waals surface area (Å²) in [6, 6.07) is 7.59. The number of alkyl carbamates (subject to hydrolysis) is 1. The van der Waals surface area contributed by atoms with Crippen LogP contribution in [0, 0.1) is 0 Å². The fourth-order valence-corrected chi connectivity index (χ4v) is 4.70. The largest absolute Gasteiger partial charge is 0.444 e. The smallest absolute Gasteiger partial charge is 0.408 e. The van der Waals surface area contributed by atoms with Gasteiger partial charge in [0.25, 0.3) is 0 Å². The zero-order valence-electron chi connectivity index (χ0n) is 22.7. The Labute approximate surface area is 220 Å². The maximum absolute atomic E-state index is 13.9. The third kappa shape index (κ3) is 8.59. The molecule has 1 saturated heterocycles. The molecule has 1 aliphatic heterocycles. The number of hydrogen-bond acceptors (Lipinski definition) is 5. The van der Waals surface area contributed by atoms with Crippen LogP contribution in [0.15, 0.2) is 42.5 Å². The van der Waals surface area contributed by atoms with Crippen LogP contribution in [0.3, 0.4) is 0 Å². The Morgan fingerprint density at radius 3 is 2.49 bits per heavy atom. The van der Waals surface area contributed by atoms with Gasteiger partial charge in [0, 0.05) is 12.5 Å². The molecular formula is C29H43N3O5. The van der Waals surface area contributed by atoms with E-state index in [0.717, 1.165) is 38.5 Å². The van der Waals surface area contributed by atoms with Crippen molar-refractivity contribution >= 4 is 17.9 Å². The van der Waals surface area contributed by atoms with Crippen molar-refractivity contribution in [3.63, 3.8) is 0 Å². The molecule has 1 aliphatic carbocycles. The van der Waals surface area contributed by atoms with Gasteiger partial charge in [-0.15, -0.1) is 0 Å². The summed E-state index contributed by atoms with van der Waals surface area (Å²) in [5.41, 5.74) is -1.40. The number of carbonyl (C=O) groups is 3. The van der Waals surface area contributed by atoms with E-state index >= 15 is 0 Å². The molecule has 3 atom stereocenters. The predicted molar refractivity (Wildman–Crippen MR) is 143 cm³/mol. The van der Waals surface area contributed by atoms with E-state index in [1.165, 1.54) is 4.90 Å². The highest BCUT2D eigenvalue weighted by Crippen LogP contribution is 2.37. The van der Waals surface area contributed by atoms with Crippen molar-refractivity contribution in [1.29, 1.82) is 0 Å². The molecule has 0 spiro atoms. The van der Waals surface area contributed by atoms with Gasteiger partial charge in [-0.2, -0.15) is 0 Å². The molecule has 37 heavy (non-hydrogen) atoms. The Morgan fingerprint density at radius 1 is 1.16 bits per heavy atom. The molecule has 8 heteroatoms. The number of amides is 3. The van der Waals surface area contributed by atoms with Crippen LogP contribution in [0.4, 0.5) is 4.79 Å². The number of likely N-dealkylation sites (tertiary alicyclic amines) is 1. The average Bonchev–Trinajstić information content (AvgIpc) is 3.58. The SMILES string of the molecule is C/C=C\CCCCC[C@H](NC(=O)OC(C)(C)C)C(=O)N1C[C@](O)(c2ccccc2)CC1C(=O)NC1CC1. The summed E-state index contributed by atoms with van der Waals surface area (Å²) in [6.45, 7) is 7.27. The Hall–Kier alpha value is -2.87. The minimum atomic E-state index is -1.36. The molecule has 3 rings (SSSR count). The number of unbranched alkanes of at least 4 members (excludes halogenated alkanes) is 3. The summed E-state index contributed by atoms with van der Waals surface area (Å²) < 4.78 is 5.43. The first kappa shape index (κ1) is 28.7. The number of ether oxygens (including phenoxy) is 1. The van der Waals surface area contributed by atoms with Crippen LogP contribution < -0.4 is 10.6 Å². The first-order chi connectivity index (χ1) is 17.5. The molecule has 1 heterocycles. The molecule has 1 unspecified atom stereocenters. The maximum atomic E-state index is 13.9. The lowest BCUT2D eigenvalue weighted by Crippen LogP contribution is -2.54. The van der Waals surface area contributed by atoms with E-state index < -0.39 is 29.4 Å². The normalized spacial score (nSPS) is 22.6. The summed E-state index contributed by atoms with van der Waals surface area (Å²) >= 11 is 0. The van der Waals surface area contributed by atoms with Crippen LogP contribution in [0.25, 0.3) is 0 Å². The summed E-state index contributed by atoms with van der Waals surface area (Å²) in [5, 5.41) is 17.3. The van der Waals surface area contributed by atoms with Gasteiger partial charge in [-0.05, 0) is 65.4 Å². The van der Waals surface area contributed by atoms with Crippen molar-refractivity contribution in [2.45, 2.75) is 108 Å². The summed E-state index contributed by atoms with van der Waals surface area (Å²) in [7, 11) is 0. The molecule has 0 radical (unpaired) electrons. The lowest BCUT2D eigenvalue weighted by atomic mass is 9.91. The molecule has 2 fully saturated rings. The predicted octanol–water partition coefficient (Wildman–Crippen LogP) is 4.17. The average molecular weight is 514 g/mol. The Morgan fingerprint density at radius 2 is 1.86 bits per heavy atom. The van der Waals surface area contributed by atoms with Crippen LogP contribution in [0.1, 0.15) is 84.6 Å². The van der Waals surface area contributed by atoms with Crippen LogP contribution in [-0.2, 0) is 19.9 Å². The summed E-state index contributed by atoms with van der Waals surface area (Å²) in [6.07, 6.45) is 9.42. The molecule has 2 aliphatic rings. The number of nitrogens with zero attached hydrogens (tertiary/aromatic N) is 1. The van der Waals surface area contributed by atoms with E-state index in [4.69, 9.17) is 4.74 Å². The van der Waals surface area contributed by atoms with Gasteiger partial charge in [0.05, 0.1) is 6.54 Å². The zero-order chi connectivity index (χ0) is 27.1. The molecule has 0 bridgehead atoms. The van der Waals surface area contributed by atoms with E-state index in [2.05, 4.69) is 16.7 Å². The molecule has 1 aromatic rings. The molecule has 0 aromatic heterocycles. The second kappa shape index (κ2) is 12.6. The van der Waals surface area contributed by atoms with Gasteiger partial charge >= 0.3 is 6.09 Å². The van der Waals surface area contributed by atoms with E-state index in [9.17, 15) is 19.5 Å². The van der Waals surface area contributed by atoms with Crippen molar-refractivity contribution < 1.29 is 24.2 Å². The van der Waals surface area contributed by atoms with Gasteiger partial charge in [-0.1, -0.05) is 55.3 Å². The van der Waals surface area contributed by atoms with Crippen molar-refractivity contribution in [2.24, 2.45) is 0 Å². The highest BCUT2D eigenvalue weighted by Gasteiger charge is 2.50. The zero-order valence-corrected chi connectivity index (χ0v) is 22.7. The van der Waals surface area contributed by atoms with Crippen LogP contribution in [-0.4, -0.2) is 58.2 Å². The first-order valence-corrected chi connectivity index (χ1v) is 13.5. The molecule has 1 aromatic carbocycles. The van der Waals surface area contributed by atoms with Crippen molar-refractivity contribution in [3.05, 3.63) is 48.0 Å². The monoisotopic (exact) mass is 513 g/mol. The van der Waals surface area contributed by atoms with E-state index in [1.54, 1.807) is 20.8 Å². The molecule has 204 valence electrons. The van der Waals surface area contributed by atoms with E-state index in [0.29, 0.717) is 12.0 Å². The van der Waals surface area contributed by atoms with Gasteiger partial charge < -0.3 is 25.4 Å². The molecular weight excluding hydrogens is 470 g/mol. The Balaban J connectivity index is 1.79. The Kier molecular flexibility index (Phi) is 9.76. The number of β-amino-alcohol motifs (C(OH)–C–C–N with tert-alkyl or cyclic N) is 1. The minimum absolute atomic E-state index is 0.0214. The van der Waals surface area contributed by atoms with Gasteiger partial charge in [-0.25, -0.2) is 4.79 Å². The highest BCUT2D eigenvalue weighted by atomic mass is 16.6. The fourth-order valence-electron chi connectivity index (χ4n) is 4.70. The van der Waals surface area contributed by atoms with Crippen molar-refractivity contribution in [3.8, 4) is 0 Å². The van der Waals surface area contributed by atoms with Crippen LogP contribution in [0.5, 0.6) is 0 Å². The van der Waals surface area contributed by atoms with Crippen LogP contribution >= 0.6 is 0 Å². The third-order valence-electron chi connectivity index (χ3n) is 6.75. The van der Waals surface area contributed by atoms with Crippen molar-refractivity contribution in [2.75, 3.05) is 6.54 Å². The fraction of sp³-hybridized carbons (Fsp3) is 0.621. The number of allylic oxidation sites excluding steroid dienone is 2. The second-order valence-electron chi connectivity index (χ2n) is 11.3. The number of hydrogen-bond donors (Lipinski definition) is 3. The van der Waals surface area contributed by atoms with Gasteiger partial charge in [0.1, 0.15) is 23.3 Å². The number of carbonyl (C=O) groups excluding carboxylic acids is 3. The van der Waals surface area contributed by atoms with Crippen molar-refractivity contribution in [1.82, 2.24) is 15.5 Å². The highest BCUT2D eigenvalue weighted by molar-refractivity contribution is 5.92. The molecule has 1 saturated carbocycles. The lowest BCUT2D eigenvalue weighted by Gasteiger charge is -2.30. The van der Waals surface area contributed by atoms with Crippen LogP contribution in [0.2, 0.25) is 0 Å². The summed E-state index contributed by atoms with van der Waals surface area (Å²) in [4.78, 5) is 41.2.